The minimum Gasteiger partial charge on any atom is -0.396 e. The highest BCUT2D eigenvalue weighted by Gasteiger charge is 2.20. The Labute approximate surface area is 126 Å². The van der Waals surface area contributed by atoms with Crippen molar-refractivity contribution in [2.75, 3.05) is 13.2 Å². The molecule has 2 unspecified atom stereocenters. The molecule has 0 aromatic heterocycles. The first-order chi connectivity index (χ1) is 10.2. The molecule has 0 bridgehead atoms. The molecule has 2 amide bonds. The lowest BCUT2D eigenvalue weighted by atomic mass is 9.83. The van der Waals surface area contributed by atoms with E-state index in [1.165, 1.54) is 17.5 Å². The second-order valence-electron chi connectivity index (χ2n) is 5.91. The number of amides is 2. The summed E-state index contributed by atoms with van der Waals surface area (Å²) < 4.78 is 0. The molecule has 1 aromatic rings. The molecule has 2 atom stereocenters. The molecule has 0 heterocycles. The van der Waals surface area contributed by atoms with Crippen molar-refractivity contribution in [1.29, 1.82) is 0 Å². The van der Waals surface area contributed by atoms with Crippen LogP contribution in [-0.2, 0) is 6.42 Å². The zero-order valence-corrected chi connectivity index (χ0v) is 12.8. The van der Waals surface area contributed by atoms with E-state index in [1.54, 1.807) is 0 Å². The van der Waals surface area contributed by atoms with Crippen LogP contribution in [0.15, 0.2) is 24.3 Å². The highest BCUT2D eigenvalue weighted by atomic mass is 16.3. The maximum atomic E-state index is 11.9. The monoisotopic (exact) mass is 290 g/mol. The molecule has 0 saturated carbocycles. The number of aryl methyl sites for hydroxylation is 1. The largest absolute Gasteiger partial charge is 0.396 e. The average molecular weight is 290 g/mol. The third-order valence-electron chi connectivity index (χ3n) is 4.18. The van der Waals surface area contributed by atoms with Crippen LogP contribution in [0.3, 0.4) is 0 Å². The summed E-state index contributed by atoms with van der Waals surface area (Å²) in [6.45, 7) is 2.83. The molecule has 0 aliphatic heterocycles. The van der Waals surface area contributed by atoms with Gasteiger partial charge in [-0.15, -0.1) is 0 Å². The lowest BCUT2D eigenvalue weighted by molar-refractivity contribution is 0.233. The third kappa shape index (κ3) is 4.74. The molecule has 0 spiro atoms. The van der Waals surface area contributed by atoms with Crippen LogP contribution in [0, 0.1) is 0 Å². The van der Waals surface area contributed by atoms with Crippen molar-refractivity contribution in [3.8, 4) is 0 Å². The Kier molecular flexibility index (Phi) is 6.05. The topological polar surface area (TPSA) is 61.4 Å². The molecule has 4 heteroatoms. The van der Waals surface area contributed by atoms with Crippen LogP contribution >= 0.6 is 0 Å². The number of aliphatic hydroxyl groups is 1. The molecule has 0 radical (unpaired) electrons. The number of urea groups is 1. The minimum absolute atomic E-state index is 0.0933. The van der Waals surface area contributed by atoms with Gasteiger partial charge in [-0.1, -0.05) is 24.3 Å². The van der Waals surface area contributed by atoms with Gasteiger partial charge in [0.1, 0.15) is 0 Å². The average Bonchev–Trinajstić information content (AvgIpc) is 2.51. The zero-order valence-electron chi connectivity index (χ0n) is 12.8. The summed E-state index contributed by atoms with van der Waals surface area (Å²) in [5.74, 6) is 0.424. The van der Waals surface area contributed by atoms with Crippen molar-refractivity contribution < 1.29 is 9.90 Å². The van der Waals surface area contributed by atoms with Crippen molar-refractivity contribution >= 4 is 6.03 Å². The second-order valence-corrected chi connectivity index (χ2v) is 5.91. The van der Waals surface area contributed by atoms with Crippen LogP contribution in [0.2, 0.25) is 0 Å². The highest BCUT2D eigenvalue weighted by molar-refractivity contribution is 5.74. The van der Waals surface area contributed by atoms with Crippen molar-refractivity contribution in [3.63, 3.8) is 0 Å². The molecule has 4 nitrogen and oxygen atoms in total. The molecule has 0 fully saturated rings. The van der Waals surface area contributed by atoms with E-state index < -0.39 is 0 Å². The lowest BCUT2D eigenvalue weighted by Gasteiger charge is -2.26. The molecule has 1 aromatic carbocycles. The van der Waals surface area contributed by atoms with Crippen LogP contribution in [-0.4, -0.2) is 30.3 Å². The summed E-state index contributed by atoms with van der Waals surface area (Å²) in [6, 6.07) is 8.53. The summed E-state index contributed by atoms with van der Waals surface area (Å²) in [5, 5.41) is 14.7. The molecule has 1 aliphatic carbocycles. The van der Waals surface area contributed by atoms with Gasteiger partial charge in [0.25, 0.3) is 0 Å². The van der Waals surface area contributed by atoms with Crippen molar-refractivity contribution in [3.05, 3.63) is 35.4 Å². The van der Waals surface area contributed by atoms with Gasteiger partial charge in [0, 0.05) is 25.1 Å². The Balaban J connectivity index is 1.80. The number of carbonyl (C=O) groups is 1. The Morgan fingerprint density at radius 2 is 2.24 bits per heavy atom. The Morgan fingerprint density at radius 1 is 1.43 bits per heavy atom. The Morgan fingerprint density at radius 3 is 3.05 bits per heavy atom. The van der Waals surface area contributed by atoms with Crippen LogP contribution in [0.4, 0.5) is 4.79 Å². The molecule has 1 aliphatic rings. The number of carbonyl (C=O) groups excluding carboxylic acids is 1. The predicted molar refractivity (Wildman–Crippen MR) is 84.4 cm³/mol. The standard InChI is InChI=1S/C17H26N2O2/c1-13(6-5-11-20)19-17(21)18-12-15-9-4-8-14-7-2-3-10-16(14)15/h2-3,7,10,13,15,20H,4-6,8-9,11-12H2,1H3,(H2,18,19,21). The van der Waals surface area contributed by atoms with Crippen molar-refractivity contribution in [2.24, 2.45) is 0 Å². The number of nitrogens with one attached hydrogen (secondary N) is 2. The Bertz CT molecular complexity index is 462. The van der Waals surface area contributed by atoms with E-state index in [9.17, 15) is 4.79 Å². The zero-order chi connectivity index (χ0) is 15.1. The summed E-state index contributed by atoms with van der Waals surface area (Å²) >= 11 is 0. The summed E-state index contributed by atoms with van der Waals surface area (Å²) in [6.07, 6.45) is 5.00. The summed E-state index contributed by atoms with van der Waals surface area (Å²) in [5.41, 5.74) is 2.81. The van der Waals surface area contributed by atoms with E-state index in [1.807, 2.05) is 6.92 Å². The fraction of sp³-hybridized carbons (Fsp3) is 0.588. The molecule has 21 heavy (non-hydrogen) atoms. The Hall–Kier alpha value is -1.55. The number of hydrogen-bond acceptors (Lipinski definition) is 2. The van der Waals surface area contributed by atoms with Gasteiger partial charge in [0.05, 0.1) is 0 Å². The lowest BCUT2D eigenvalue weighted by Crippen LogP contribution is -2.42. The van der Waals surface area contributed by atoms with E-state index in [4.69, 9.17) is 5.11 Å². The molecular weight excluding hydrogens is 264 g/mol. The number of hydrogen-bond donors (Lipinski definition) is 3. The fourth-order valence-electron chi connectivity index (χ4n) is 3.03. The van der Waals surface area contributed by atoms with E-state index in [2.05, 4.69) is 34.9 Å². The minimum atomic E-state index is -0.108. The maximum absolute atomic E-state index is 11.9. The molecule has 116 valence electrons. The molecule has 2 rings (SSSR count). The maximum Gasteiger partial charge on any atom is 0.315 e. The van der Waals surface area contributed by atoms with Crippen LogP contribution in [0.5, 0.6) is 0 Å². The van der Waals surface area contributed by atoms with Gasteiger partial charge in [-0.05, 0) is 50.2 Å². The first-order valence-corrected chi connectivity index (χ1v) is 7.93. The van der Waals surface area contributed by atoms with Crippen molar-refractivity contribution in [2.45, 2.75) is 51.0 Å². The number of benzene rings is 1. The van der Waals surface area contributed by atoms with Gasteiger partial charge in [-0.2, -0.15) is 0 Å². The number of rotatable bonds is 6. The van der Waals surface area contributed by atoms with Crippen LogP contribution < -0.4 is 10.6 Å². The van der Waals surface area contributed by atoms with Crippen molar-refractivity contribution in [1.82, 2.24) is 10.6 Å². The number of fused-ring (bicyclic) bond motifs is 1. The SMILES string of the molecule is CC(CCCO)NC(=O)NCC1CCCc2ccccc21. The van der Waals surface area contributed by atoms with Crippen LogP contribution in [0.25, 0.3) is 0 Å². The van der Waals surface area contributed by atoms with Gasteiger partial charge in [0.2, 0.25) is 0 Å². The van der Waals surface area contributed by atoms with E-state index in [-0.39, 0.29) is 18.7 Å². The fourth-order valence-corrected chi connectivity index (χ4v) is 3.03. The van der Waals surface area contributed by atoms with E-state index in [0.717, 1.165) is 25.7 Å². The van der Waals surface area contributed by atoms with E-state index >= 15 is 0 Å². The molecular formula is C17H26N2O2. The highest BCUT2D eigenvalue weighted by Crippen LogP contribution is 2.30. The van der Waals surface area contributed by atoms with Gasteiger partial charge in [0.15, 0.2) is 0 Å². The smallest absolute Gasteiger partial charge is 0.315 e. The first-order valence-electron chi connectivity index (χ1n) is 7.93. The molecule has 0 saturated heterocycles. The second kappa shape index (κ2) is 8.03. The van der Waals surface area contributed by atoms with Gasteiger partial charge in [-0.3, -0.25) is 0 Å². The van der Waals surface area contributed by atoms with Gasteiger partial charge < -0.3 is 15.7 Å². The number of aliphatic hydroxyl groups excluding tert-OH is 1. The molecule has 3 N–H and O–H groups in total. The van der Waals surface area contributed by atoms with Crippen LogP contribution in [0.1, 0.15) is 49.7 Å². The quantitative estimate of drug-likeness (QED) is 0.754. The first kappa shape index (κ1) is 15.8. The van der Waals surface area contributed by atoms with E-state index in [0.29, 0.717) is 12.5 Å². The third-order valence-corrected chi connectivity index (χ3v) is 4.18. The van der Waals surface area contributed by atoms with Gasteiger partial charge in [-0.25, -0.2) is 4.79 Å². The predicted octanol–water partition coefficient (Wildman–Crippen LogP) is 2.57. The normalized spacial score (nSPS) is 18.7. The summed E-state index contributed by atoms with van der Waals surface area (Å²) in [7, 11) is 0. The van der Waals surface area contributed by atoms with Gasteiger partial charge >= 0.3 is 6.03 Å². The summed E-state index contributed by atoms with van der Waals surface area (Å²) in [4.78, 5) is 11.9.